The summed E-state index contributed by atoms with van der Waals surface area (Å²) in [5, 5.41) is 0.690. The van der Waals surface area contributed by atoms with Crippen LogP contribution < -0.4 is 4.74 Å². The number of hydrogen-bond donors (Lipinski definition) is 0. The van der Waals surface area contributed by atoms with Gasteiger partial charge in [-0.15, -0.1) is 0 Å². The molecule has 0 atom stereocenters. The van der Waals surface area contributed by atoms with E-state index in [9.17, 15) is 4.79 Å². The maximum atomic E-state index is 11.2. The number of carbonyl (C=O) groups is 1. The molecule has 0 heterocycles. The molecule has 88 valence electrons. The van der Waals surface area contributed by atoms with Crippen molar-refractivity contribution in [1.82, 2.24) is 0 Å². The molecule has 0 aliphatic carbocycles. The number of hydrogen-bond acceptors (Lipinski definition) is 3. The molecule has 0 fully saturated rings. The van der Waals surface area contributed by atoms with E-state index in [4.69, 9.17) is 4.74 Å². The van der Waals surface area contributed by atoms with Crippen LogP contribution in [0.2, 0.25) is 0 Å². The number of benzene rings is 1. The van der Waals surface area contributed by atoms with Gasteiger partial charge in [0.1, 0.15) is 5.75 Å². The first-order valence-corrected chi connectivity index (χ1v) is 6.03. The summed E-state index contributed by atoms with van der Waals surface area (Å²) in [6.45, 7) is 1.96. The van der Waals surface area contributed by atoms with Crippen LogP contribution in [0.3, 0.4) is 0 Å². The zero-order chi connectivity index (χ0) is 12.1. The van der Waals surface area contributed by atoms with E-state index in [-0.39, 0.29) is 5.97 Å². The van der Waals surface area contributed by atoms with E-state index in [0.717, 1.165) is 22.4 Å². The van der Waals surface area contributed by atoms with Gasteiger partial charge in [-0.3, -0.25) is 4.79 Å². The standard InChI is InChI=1S/C12H15BrO3/c1-8-4-9(6-12(14)16-3)10(7-13)5-11(8)15-2/h4-5H,6-7H2,1-3H3. The van der Waals surface area contributed by atoms with Crippen molar-refractivity contribution in [2.24, 2.45) is 0 Å². The first kappa shape index (κ1) is 13.0. The third-order valence-corrected chi connectivity index (χ3v) is 3.03. The largest absolute Gasteiger partial charge is 0.496 e. The highest BCUT2D eigenvalue weighted by atomic mass is 79.9. The van der Waals surface area contributed by atoms with Crippen molar-refractivity contribution >= 4 is 21.9 Å². The monoisotopic (exact) mass is 286 g/mol. The molecule has 0 amide bonds. The summed E-state index contributed by atoms with van der Waals surface area (Å²) < 4.78 is 9.90. The molecule has 0 N–H and O–H groups in total. The number of methoxy groups -OCH3 is 2. The van der Waals surface area contributed by atoms with Gasteiger partial charge in [-0.25, -0.2) is 0 Å². The van der Waals surface area contributed by atoms with E-state index in [1.165, 1.54) is 7.11 Å². The van der Waals surface area contributed by atoms with Crippen molar-refractivity contribution < 1.29 is 14.3 Å². The number of halogens is 1. The molecule has 1 aromatic carbocycles. The van der Waals surface area contributed by atoms with E-state index >= 15 is 0 Å². The maximum absolute atomic E-state index is 11.2. The van der Waals surface area contributed by atoms with Gasteiger partial charge in [0.25, 0.3) is 0 Å². The minimum Gasteiger partial charge on any atom is -0.496 e. The van der Waals surface area contributed by atoms with Crippen LogP contribution in [-0.2, 0) is 21.3 Å². The Morgan fingerprint density at radius 2 is 2.00 bits per heavy atom. The SMILES string of the molecule is COC(=O)Cc1cc(C)c(OC)cc1CBr. The van der Waals surface area contributed by atoms with Crippen molar-refractivity contribution in [2.45, 2.75) is 18.7 Å². The van der Waals surface area contributed by atoms with Crippen molar-refractivity contribution in [3.05, 3.63) is 28.8 Å². The fraction of sp³-hybridized carbons (Fsp3) is 0.417. The highest BCUT2D eigenvalue weighted by molar-refractivity contribution is 9.08. The van der Waals surface area contributed by atoms with Crippen molar-refractivity contribution in [3.8, 4) is 5.75 Å². The fourth-order valence-corrected chi connectivity index (χ4v) is 2.05. The Hall–Kier alpha value is -1.03. The van der Waals surface area contributed by atoms with E-state index in [0.29, 0.717) is 11.8 Å². The van der Waals surface area contributed by atoms with Crippen molar-refractivity contribution in [2.75, 3.05) is 14.2 Å². The van der Waals surface area contributed by atoms with Crippen LogP contribution in [-0.4, -0.2) is 20.2 Å². The van der Waals surface area contributed by atoms with Gasteiger partial charge in [-0.2, -0.15) is 0 Å². The van der Waals surface area contributed by atoms with E-state index < -0.39 is 0 Å². The zero-order valence-corrected chi connectivity index (χ0v) is 11.3. The number of alkyl halides is 1. The number of rotatable bonds is 4. The molecule has 1 rings (SSSR count). The van der Waals surface area contributed by atoms with Crippen molar-refractivity contribution in [3.63, 3.8) is 0 Å². The second-order valence-corrected chi connectivity index (χ2v) is 4.04. The van der Waals surface area contributed by atoms with Crippen LogP contribution >= 0.6 is 15.9 Å². The molecule has 0 aromatic heterocycles. The second-order valence-electron chi connectivity index (χ2n) is 3.48. The van der Waals surface area contributed by atoms with Crippen LogP contribution in [0, 0.1) is 6.92 Å². The molecule has 0 unspecified atom stereocenters. The molecule has 4 heteroatoms. The van der Waals surface area contributed by atoms with Crippen LogP contribution in [0.1, 0.15) is 16.7 Å². The quantitative estimate of drug-likeness (QED) is 0.631. The fourth-order valence-electron chi connectivity index (χ4n) is 1.53. The van der Waals surface area contributed by atoms with E-state index in [1.807, 2.05) is 19.1 Å². The highest BCUT2D eigenvalue weighted by Crippen LogP contribution is 2.25. The lowest BCUT2D eigenvalue weighted by molar-refractivity contribution is -0.139. The van der Waals surface area contributed by atoms with Gasteiger partial charge >= 0.3 is 5.97 Å². The molecule has 0 bridgehead atoms. The summed E-state index contributed by atoms with van der Waals surface area (Å²) >= 11 is 3.40. The minimum absolute atomic E-state index is 0.230. The Morgan fingerprint density at radius 3 is 2.50 bits per heavy atom. The van der Waals surface area contributed by atoms with Crippen LogP contribution in [0.4, 0.5) is 0 Å². The summed E-state index contributed by atoms with van der Waals surface area (Å²) in [5.74, 6) is 0.606. The van der Waals surface area contributed by atoms with Gasteiger partial charge in [0, 0.05) is 5.33 Å². The highest BCUT2D eigenvalue weighted by Gasteiger charge is 2.11. The maximum Gasteiger partial charge on any atom is 0.309 e. The summed E-state index contributed by atoms with van der Waals surface area (Å²) in [6, 6.07) is 3.91. The summed E-state index contributed by atoms with van der Waals surface area (Å²) in [6.07, 6.45) is 0.294. The summed E-state index contributed by atoms with van der Waals surface area (Å²) in [5.41, 5.74) is 3.04. The lowest BCUT2D eigenvalue weighted by Crippen LogP contribution is -2.07. The normalized spacial score (nSPS) is 10.0. The van der Waals surface area contributed by atoms with Crippen LogP contribution in [0.25, 0.3) is 0 Å². The number of aryl methyl sites for hydroxylation is 1. The molecular formula is C12H15BrO3. The summed E-state index contributed by atoms with van der Waals surface area (Å²) in [4.78, 5) is 11.2. The molecule has 0 saturated carbocycles. The van der Waals surface area contributed by atoms with Gasteiger partial charge < -0.3 is 9.47 Å². The molecule has 0 aliphatic heterocycles. The number of esters is 1. The van der Waals surface area contributed by atoms with Crippen molar-refractivity contribution in [1.29, 1.82) is 0 Å². The number of carbonyl (C=O) groups excluding carboxylic acids is 1. The van der Waals surface area contributed by atoms with E-state index in [2.05, 4.69) is 20.7 Å². The number of ether oxygens (including phenoxy) is 2. The van der Waals surface area contributed by atoms with Crippen LogP contribution in [0.15, 0.2) is 12.1 Å². The van der Waals surface area contributed by atoms with Crippen LogP contribution in [0.5, 0.6) is 5.75 Å². The lowest BCUT2D eigenvalue weighted by atomic mass is 10.0. The second kappa shape index (κ2) is 5.89. The average Bonchev–Trinajstić information content (AvgIpc) is 2.29. The molecular weight excluding hydrogens is 272 g/mol. The minimum atomic E-state index is -0.230. The molecule has 0 spiro atoms. The Labute approximate surface area is 104 Å². The Morgan fingerprint density at radius 1 is 1.31 bits per heavy atom. The van der Waals surface area contributed by atoms with Gasteiger partial charge in [-0.1, -0.05) is 22.0 Å². The summed E-state index contributed by atoms with van der Waals surface area (Å²) in [7, 11) is 3.03. The first-order chi connectivity index (χ1) is 7.62. The molecule has 1 aromatic rings. The van der Waals surface area contributed by atoms with Gasteiger partial charge in [0.15, 0.2) is 0 Å². The Balaban J connectivity index is 3.08. The van der Waals surface area contributed by atoms with Gasteiger partial charge in [0.2, 0.25) is 0 Å². The molecule has 0 saturated heterocycles. The smallest absolute Gasteiger partial charge is 0.309 e. The predicted molar refractivity (Wildman–Crippen MR) is 66.1 cm³/mol. The van der Waals surface area contributed by atoms with E-state index in [1.54, 1.807) is 7.11 Å². The molecule has 16 heavy (non-hydrogen) atoms. The Bertz CT molecular complexity index is 388. The zero-order valence-electron chi connectivity index (χ0n) is 9.67. The van der Waals surface area contributed by atoms with Gasteiger partial charge in [0.05, 0.1) is 20.6 Å². The third-order valence-electron chi connectivity index (χ3n) is 2.42. The lowest BCUT2D eigenvalue weighted by Gasteiger charge is -2.11. The molecule has 0 radical (unpaired) electrons. The first-order valence-electron chi connectivity index (χ1n) is 4.91. The van der Waals surface area contributed by atoms with Gasteiger partial charge in [-0.05, 0) is 29.7 Å². The molecule has 0 aliphatic rings. The third kappa shape index (κ3) is 2.98. The average molecular weight is 287 g/mol. The predicted octanol–water partition coefficient (Wildman–Crippen LogP) is 2.61. The topological polar surface area (TPSA) is 35.5 Å². The molecule has 3 nitrogen and oxygen atoms in total. The Kier molecular flexibility index (Phi) is 4.80.